The SMILES string of the molecule is COc1ccc(-c2nc3sc(N(C)CC(=O)NC4CCCC4)nn3c2NC(C)(C)C)cc1. The summed E-state index contributed by atoms with van der Waals surface area (Å²) in [5.41, 5.74) is 1.66. The van der Waals surface area contributed by atoms with Crippen molar-refractivity contribution in [2.45, 2.75) is 58.0 Å². The number of imidazole rings is 1. The molecule has 2 N–H and O–H groups in total. The second-order valence-corrected chi connectivity index (χ2v) is 10.3. The molecule has 32 heavy (non-hydrogen) atoms. The summed E-state index contributed by atoms with van der Waals surface area (Å²) in [7, 11) is 3.55. The van der Waals surface area contributed by atoms with Gasteiger partial charge in [-0.2, -0.15) is 4.52 Å². The number of carbonyl (C=O) groups excluding carboxylic acids is 1. The van der Waals surface area contributed by atoms with Crippen molar-refractivity contribution in [2.24, 2.45) is 0 Å². The Morgan fingerprint density at radius 3 is 2.56 bits per heavy atom. The molecule has 0 radical (unpaired) electrons. The van der Waals surface area contributed by atoms with E-state index in [0.717, 1.165) is 45.8 Å². The van der Waals surface area contributed by atoms with E-state index in [9.17, 15) is 4.79 Å². The molecule has 1 aromatic carbocycles. The first kappa shape index (κ1) is 22.4. The third kappa shape index (κ3) is 4.98. The molecular weight excluding hydrogens is 424 g/mol. The molecule has 1 aliphatic carbocycles. The number of likely N-dealkylation sites (N-methyl/N-ethyl adjacent to an activating group) is 1. The van der Waals surface area contributed by atoms with E-state index < -0.39 is 0 Å². The predicted octanol–water partition coefficient (Wildman–Crippen LogP) is 4.17. The lowest BCUT2D eigenvalue weighted by Crippen LogP contribution is -2.39. The van der Waals surface area contributed by atoms with Gasteiger partial charge in [0.15, 0.2) is 5.82 Å². The van der Waals surface area contributed by atoms with Gasteiger partial charge in [0.05, 0.1) is 13.7 Å². The minimum absolute atomic E-state index is 0.0409. The molecule has 9 heteroatoms. The van der Waals surface area contributed by atoms with Crippen molar-refractivity contribution >= 4 is 33.2 Å². The standard InChI is InChI=1S/C23H32N6O2S/c1-23(2,3)26-20-19(15-10-12-17(31-5)13-11-15)25-21-29(20)27-22(32-21)28(4)14-18(30)24-16-8-6-7-9-16/h10-13,16,26H,6-9,14H2,1-5H3,(H,24,30). The van der Waals surface area contributed by atoms with Crippen molar-refractivity contribution in [3.05, 3.63) is 24.3 Å². The molecule has 2 heterocycles. The summed E-state index contributed by atoms with van der Waals surface area (Å²) in [6.07, 6.45) is 4.56. The number of benzene rings is 1. The molecule has 1 fully saturated rings. The normalized spacial score (nSPS) is 14.7. The van der Waals surface area contributed by atoms with Gasteiger partial charge in [-0.25, -0.2) is 4.98 Å². The van der Waals surface area contributed by atoms with Crippen LogP contribution in [-0.4, -0.2) is 52.8 Å². The van der Waals surface area contributed by atoms with Crippen LogP contribution in [0, 0.1) is 0 Å². The molecule has 3 aromatic rings. The lowest BCUT2D eigenvalue weighted by atomic mass is 10.1. The molecule has 0 atom stereocenters. The van der Waals surface area contributed by atoms with Crippen LogP contribution in [0.4, 0.5) is 10.9 Å². The quantitative estimate of drug-likeness (QED) is 0.555. The molecule has 2 aromatic heterocycles. The molecule has 0 aliphatic heterocycles. The van der Waals surface area contributed by atoms with Crippen molar-refractivity contribution in [1.29, 1.82) is 0 Å². The van der Waals surface area contributed by atoms with Gasteiger partial charge >= 0.3 is 0 Å². The molecule has 4 rings (SSSR count). The maximum atomic E-state index is 12.5. The number of ether oxygens (including phenoxy) is 1. The minimum atomic E-state index is -0.173. The minimum Gasteiger partial charge on any atom is -0.497 e. The second kappa shape index (κ2) is 8.97. The number of hydrogen-bond donors (Lipinski definition) is 2. The van der Waals surface area contributed by atoms with E-state index in [1.165, 1.54) is 24.2 Å². The Labute approximate surface area is 193 Å². The van der Waals surface area contributed by atoms with Gasteiger partial charge in [0.1, 0.15) is 11.4 Å². The van der Waals surface area contributed by atoms with Gasteiger partial charge < -0.3 is 20.3 Å². The Kier molecular flexibility index (Phi) is 6.28. The summed E-state index contributed by atoms with van der Waals surface area (Å²) < 4.78 is 7.13. The fraction of sp³-hybridized carbons (Fsp3) is 0.522. The van der Waals surface area contributed by atoms with Crippen LogP contribution in [0.2, 0.25) is 0 Å². The van der Waals surface area contributed by atoms with Crippen molar-refractivity contribution in [1.82, 2.24) is 19.9 Å². The van der Waals surface area contributed by atoms with E-state index in [0.29, 0.717) is 6.04 Å². The van der Waals surface area contributed by atoms with E-state index in [4.69, 9.17) is 14.8 Å². The predicted molar refractivity (Wildman–Crippen MR) is 130 cm³/mol. The third-order valence-electron chi connectivity index (χ3n) is 5.48. The average Bonchev–Trinajstić information content (AvgIpc) is 3.45. The number of nitrogens with one attached hydrogen (secondary N) is 2. The third-order valence-corrected chi connectivity index (χ3v) is 6.50. The number of carbonyl (C=O) groups is 1. The van der Waals surface area contributed by atoms with Crippen LogP contribution in [0.15, 0.2) is 24.3 Å². The highest BCUT2D eigenvalue weighted by molar-refractivity contribution is 7.20. The van der Waals surface area contributed by atoms with Crippen LogP contribution >= 0.6 is 11.3 Å². The molecule has 0 spiro atoms. The Morgan fingerprint density at radius 2 is 1.94 bits per heavy atom. The molecule has 1 amide bonds. The number of aromatic nitrogens is 3. The zero-order chi connectivity index (χ0) is 22.9. The van der Waals surface area contributed by atoms with E-state index in [1.54, 1.807) is 7.11 Å². The molecule has 8 nitrogen and oxygen atoms in total. The van der Waals surface area contributed by atoms with Crippen LogP contribution in [0.1, 0.15) is 46.5 Å². The summed E-state index contributed by atoms with van der Waals surface area (Å²) in [5, 5.41) is 12.2. The highest BCUT2D eigenvalue weighted by Gasteiger charge is 2.24. The molecule has 0 saturated heterocycles. The first-order valence-electron chi connectivity index (χ1n) is 11.1. The Hall–Kier alpha value is -2.81. The lowest BCUT2D eigenvalue weighted by molar-refractivity contribution is -0.120. The highest BCUT2D eigenvalue weighted by Crippen LogP contribution is 2.35. The number of fused-ring (bicyclic) bond motifs is 1. The first-order chi connectivity index (χ1) is 15.2. The maximum Gasteiger partial charge on any atom is 0.239 e. The number of nitrogens with zero attached hydrogens (tertiary/aromatic N) is 4. The van der Waals surface area contributed by atoms with E-state index in [2.05, 4.69) is 31.4 Å². The summed E-state index contributed by atoms with van der Waals surface area (Å²) in [6, 6.07) is 8.18. The van der Waals surface area contributed by atoms with Crippen molar-refractivity contribution in [2.75, 3.05) is 30.9 Å². The molecule has 1 aliphatic rings. The molecule has 0 unspecified atom stereocenters. The first-order valence-corrected chi connectivity index (χ1v) is 11.9. The van der Waals surface area contributed by atoms with Crippen molar-refractivity contribution < 1.29 is 9.53 Å². The van der Waals surface area contributed by atoms with Gasteiger partial charge in [0.2, 0.25) is 16.0 Å². The topological polar surface area (TPSA) is 83.8 Å². The van der Waals surface area contributed by atoms with Crippen LogP contribution < -0.4 is 20.3 Å². The monoisotopic (exact) mass is 456 g/mol. The highest BCUT2D eigenvalue weighted by atomic mass is 32.1. The van der Waals surface area contributed by atoms with E-state index in [1.807, 2.05) is 40.7 Å². The Balaban J connectivity index is 1.60. The van der Waals surface area contributed by atoms with Crippen molar-refractivity contribution in [3.8, 4) is 17.0 Å². The average molecular weight is 457 g/mol. The molecular formula is C23H32N6O2S. The van der Waals surface area contributed by atoms with Gasteiger partial charge in [-0.05, 0) is 57.9 Å². The molecule has 0 bridgehead atoms. The largest absolute Gasteiger partial charge is 0.497 e. The zero-order valence-corrected chi connectivity index (χ0v) is 20.3. The Bertz CT molecular complexity index is 1080. The Morgan fingerprint density at radius 1 is 1.25 bits per heavy atom. The second-order valence-electron chi connectivity index (χ2n) is 9.40. The van der Waals surface area contributed by atoms with Crippen molar-refractivity contribution in [3.63, 3.8) is 0 Å². The summed E-state index contributed by atoms with van der Waals surface area (Å²) in [4.78, 5) is 20.0. The van der Waals surface area contributed by atoms with Gasteiger partial charge in [-0.1, -0.05) is 24.2 Å². The van der Waals surface area contributed by atoms with Crippen LogP contribution in [0.5, 0.6) is 5.75 Å². The molecule has 1 saturated carbocycles. The number of rotatable bonds is 7. The number of hydrogen-bond acceptors (Lipinski definition) is 7. The van der Waals surface area contributed by atoms with Gasteiger partial charge in [0.25, 0.3) is 0 Å². The summed E-state index contributed by atoms with van der Waals surface area (Å²) >= 11 is 1.48. The fourth-order valence-electron chi connectivity index (χ4n) is 3.94. The molecule has 172 valence electrons. The van der Waals surface area contributed by atoms with Crippen LogP contribution in [0.25, 0.3) is 16.2 Å². The van der Waals surface area contributed by atoms with Gasteiger partial charge in [-0.3, -0.25) is 4.79 Å². The number of amides is 1. The summed E-state index contributed by atoms with van der Waals surface area (Å²) in [6.45, 7) is 6.60. The summed E-state index contributed by atoms with van der Waals surface area (Å²) in [5.74, 6) is 1.68. The zero-order valence-electron chi connectivity index (χ0n) is 19.4. The number of methoxy groups -OCH3 is 1. The maximum absolute atomic E-state index is 12.5. The fourth-order valence-corrected chi connectivity index (χ4v) is 4.80. The van der Waals surface area contributed by atoms with Crippen LogP contribution in [-0.2, 0) is 4.79 Å². The van der Waals surface area contributed by atoms with E-state index in [-0.39, 0.29) is 18.0 Å². The van der Waals surface area contributed by atoms with E-state index >= 15 is 0 Å². The van der Waals surface area contributed by atoms with Crippen LogP contribution in [0.3, 0.4) is 0 Å². The lowest BCUT2D eigenvalue weighted by Gasteiger charge is -2.22. The van der Waals surface area contributed by atoms with Gasteiger partial charge in [-0.15, -0.1) is 5.10 Å². The smallest absolute Gasteiger partial charge is 0.239 e. The number of anilines is 2. The van der Waals surface area contributed by atoms with Gasteiger partial charge in [0, 0.05) is 24.2 Å².